The van der Waals surface area contributed by atoms with Gasteiger partial charge in [0.15, 0.2) is 11.5 Å². The summed E-state index contributed by atoms with van der Waals surface area (Å²) in [5.41, 5.74) is 2.10. The van der Waals surface area contributed by atoms with Crippen LogP contribution in [0.15, 0.2) is 84.9 Å². The average Bonchev–Trinajstić information content (AvgIpc) is 2.94. The zero-order valence-corrected chi connectivity index (χ0v) is 19.7. The van der Waals surface area contributed by atoms with Gasteiger partial charge in [-0.25, -0.2) is 0 Å². The second-order valence-electron chi connectivity index (χ2n) is 8.86. The molecule has 37 heavy (non-hydrogen) atoms. The van der Waals surface area contributed by atoms with Crippen molar-refractivity contribution in [2.45, 2.75) is 0 Å². The zero-order valence-electron chi connectivity index (χ0n) is 19.7. The standard InChI is InChI=1S/C31H22O6/c1-37-17-14-16-8-2-3-9-18(16)23(15-17)24-19-10-4-6-12-21(19)25(22-13-7-5-11-20(22)24)26-27(32)29(34)31(36)30(35)28(26)33/h2-15,32-36H,1H3. The molecule has 0 saturated heterocycles. The number of hydrogen-bond acceptors (Lipinski definition) is 6. The third kappa shape index (κ3) is 3.19. The highest BCUT2D eigenvalue weighted by atomic mass is 16.5. The van der Waals surface area contributed by atoms with Crippen molar-refractivity contribution in [2.75, 3.05) is 7.11 Å². The first-order chi connectivity index (χ1) is 17.9. The van der Waals surface area contributed by atoms with E-state index in [-0.39, 0.29) is 5.56 Å². The minimum Gasteiger partial charge on any atom is -0.504 e. The molecule has 0 atom stereocenters. The Morgan fingerprint density at radius 1 is 0.459 bits per heavy atom. The maximum Gasteiger partial charge on any atom is 0.208 e. The lowest BCUT2D eigenvalue weighted by Crippen LogP contribution is -1.93. The molecule has 0 aliphatic carbocycles. The predicted octanol–water partition coefficient (Wildman–Crippen LogP) is 7.02. The molecule has 6 heteroatoms. The van der Waals surface area contributed by atoms with Crippen molar-refractivity contribution >= 4 is 32.3 Å². The van der Waals surface area contributed by atoms with Crippen LogP contribution in [-0.2, 0) is 0 Å². The molecule has 0 unspecified atom stereocenters. The van der Waals surface area contributed by atoms with Crippen LogP contribution in [0.25, 0.3) is 54.6 Å². The van der Waals surface area contributed by atoms with Crippen LogP contribution in [-0.4, -0.2) is 32.6 Å². The number of hydrogen-bond donors (Lipinski definition) is 5. The summed E-state index contributed by atoms with van der Waals surface area (Å²) in [6.45, 7) is 0. The summed E-state index contributed by atoms with van der Waals surface area (Å²) in [6, 6.07) is 27.1. The summed E-state index contributed by atoms with van der Waals surface area (Å²) in [6.07, 6.45) is 0. The Morgan fingerprint density at radius 3 is 1.41 bits per heavy atom. The van der Waals surface area contributed by atoms with Crippen LogP contribution in [0.3, 0.4) is 0 Å². The molecule has 6 aromatic rings. The molecule has 6 aromatic carbocycles. The Labute approximate surface area is 211 Å². The van der Waals surface area contributed by atoms with E-state index in [2.05, 4.69) is 6.07 Å². The van der Waals surface area contributed by atoms with Gasteiger partial charge in [-0.1, -0.05) is 72.8 Å². The smallest absolute Gasteiger partial charge is 0.208 e. The minimum absolute atomic E-state index is 0.178. The van der Waals surface area contributed by atoms with Crippen molar-refractivity contribution in [2.24, 2.45) is 0 Å². The van der Waals surface area contributed by atoms with E-state index in [1.54, 1.807) is 7.11 Å². The van der Waals surface area contributed by atoms with Gasteiger partial charge in [0.25, 0.3) is 0 Å². The van der Waals surface area contributed by atoms with Gasteiger partial charge in [-0.05, 0) is 55.6 Å². The Bertz CT molecular complexity index is 1790. The molecular formula is C31H22O6. The highest BCUT2D eigenvalue weighted by Gasteiger charge is 2.28. The molecule has 182 valence electrons. The van der Waals surface area contributed by atoms with Crippen LogP contribution < -0.4 is 4.74 Å². The van der Waals surface area contributed by atoms with Crippen molar-refractivity contribution in [3.05, 3.63) is 84.9 Å². The van der Waals surface area contributed by atoms with Gasteiger partial charge in [0.05, 0.1) is 12.7 Å². The molecule has 0 amide bonds. The van der Waals surface area contributed by atoms with Crippen molar-refractivity contribution in [1.29, 1.82) is 0 Å². The van der Waals surface area contributed by atoms with Gasteiger partial charge in [0.2, 0.25) is 17.2 Å². The van der Waals surface area contributed by atoms with Crippen LogP contribution >= 0.6 is 0 Å². The first-order valence-corrected chi connectivity index (χ1v) is 11.6. The Kier molecular flexibility index (Phi) is 4.98. The van der Waals surface area contributed by atoms with Gasteiger partial charge in [-0.3, -0.25) is 0 Å². The van der Waals surface area contributed by atoms with E-state index in [0.29, 0.717) is 22.1 Å². The van der Waals surface area contributed by atoms with Crippen LogP contribution in [0.1, 0.15) is 0 Å². The van der Waals surface area contributed by atoms with Gasteiger partial charge in [-0.2, -0.15) is 0 Å². The van der Waals surface area contributed by atoms with E-state index in [1.165, 1.54) is 0 Å². The summed E-state index contributed by atoms with van der Waals surface area (Å²) in [4.78, 5) is 0. The predicted molar refractivity (Wildman–Crippen MR) is 145 cm³/mol. The maximum atomic E-state index is 10.9. The second kappa shape index (κ2) is 8.24. The molecule has 0 aliphatic rings. The number of rotatable bonds is 3. The molecule has 0 saturated carbocycles. The molecule has 0 aliphatic heterocycles. The number of fused-ring (bicyclic) bond motifs is 3. The molecule has 6 nitrogen and oxygen atoms in total. The number of phenolic OH excluding ortho intramolecular Hbond substituents is 5. The van der Waals surface area contributed by atoms with Crippen molar-refractivity contribution in [3.63, 3.8) is 0 Å². The van der Waals surface area contributed by atoms with Crippen LogP contribution in [0.4, 0.5) is 0 Å². The molecule has 0 fully saturated rings. The highest BCUT2D eigenvalue weighted by molar-refractivity contribution is 6.24. The summed E-state index contributed by atoms with van der Waals surface area (Å²) in [5, 5.41) is 57.3. The number of phenols is 5. The van der Waals surface area contributed by atoms with E-state index in [1.807, 2.05) is 78.9 Å². The molecule has 0 heterocycles. The summed E-state index contributed by atoms with van der Waals surface area (Å²) >= 11 is 0. The minimum atomic E-state index is -0.994. The topological polar surface area (TPSA) is 110 Å². The van der Waals surface area contributed by atoms with E-state index in [0.717, 1.165) is 32.7 Å². The zero-order chi connectivity index (χ0) is 25.8. The van der Waals surface area contributed by atoms with E-state index in [4.69, 9.17) is 4.74 Å². The van der Waals surface area contributed by atoms with Gasteiger partial charge < -0.3 is 30.3 Å². The lowest BCUT2D eigenvalue weighted by atomic mass is 9.84. The Hall–Kier alpha value is -5.10. The Balaban J connectivity index is 1.86. The van der Waals surface area contributed by atoms with Crippen LogP contribution in [0.2, 0.25) is 0 Å². The van der Waals surface area contributed by atoms with E-state index < -0.39 is 28.7 Å². The third-order valence-electron chi connectivity index (χ3n) is 6.89. The monoisotopic (exact) mass is 490 g/mol. The average molecular weight is 491 g/mol. The molecule has 0 spiro atoms. The summed E-state index contributed by atoms with van der Waals surface area (Å²) in [5.74, 6) is -3.59. The quantitative estimate of drug-likeness (QED) is 0.104. The van der Waals surface area contributed by atoms with Crippen LogP contribution in [0.5, 0.6) is 34.5 Å². The number of benzene rings is 6. The number of aromatic hydroxyl groups is 5. The Morgan fingerprint density at radius 2 is 0.892 bits per heavy atom. The van der Waals surface area contributed by atoms with E-state index >= 15 is 0 Å². The normalized spacial score (nSPS) is 11.4. The van der Waals surface area contributed by atoms with Crippen molar-refractivity contribution < 1.29 is 30.3 Å². The van der Waals surface area contributed by atoms with Gasteiger partial charge in [-0.15, -0.1) is 0 Å². The first kappa shape index (κ1) is 22.4. The number of ether oxygens (including phenoxy) is 1. The molecule has 5 N–H and O–H groups in total. The molecule has 6 rings (SSSR count). The largest absolute Gasteiger partial charge is 0.504 e. The molecule has 0 bridgehead atoms. The fourth-order valence-electron chi connectivity index (χ4n) is 5.22. The fourth-order valence-corrected chi connectivity index (χ4v) is 5.22. The SMILES string of the molecule is COc1cc(-c2c3ccccc3c(-c3c(O)c(O)c(O)c(O)c3O)c3ccccc23)c2ccccc2c1. The third-order valence-corrected chi connectivity index (χ3v) is 6.89. The van der Waals surface area contributed by atoms with Crippen LogP contribution in [0, 0.1) is 0 Å². The van der Waals surface area contributed by atoms with Gasteiger partial charge in [0.1, 0.15) is 5.75 Å². The lowest BCUT2D eigenvalue weighted by molar-refractivity contribution is 0.330. The van der Waals surface area contributed by atoms with Gasteiger partial charge >= 0.3 is 0 Å². The molecule has 0 radical (unpaired) electrons. The summed E-state index contributed by atoms with van der Waals surface area (Å²) < 4.78 is 5.63. The molecular weight excluding hydrogens is 468 g/mol. The number of methoxy groups -OCH3 is 1. The molecule has 0 aromatic heterocycles. The lowest BCUT2D eigenvalue weighted by Gasteiger charge is -2.21. The highest BCUT2D eigenvalue weighted by Crippen LogP contribution is 2.57. The summed E-state index contributed by atoms with van der Waals surface area (Å²) in [7, 11) is 1.63. The van der Waals surface area contributed by atoms with Gasteiger partial charge in [0, 0.05) is 5.56 Å². The van der Waals surface area contributed by atoms with E-state index in [9.17, 15) is 25.5 Å². The second-order valence-corrected chi connectivity index (χ2v) is 8.86. The van der Waals surface area contributed by atoms with Crippen molar-refractivity contribution in [1.82, 2.24) is 0 Å². The fraction of sp³-hybridized carbons (Fsp3) is 0.0323. The van der Waals surface area contributed by atoms with Crippen molar-refractivity contribution in [3.8, 4) is 56.8 Å². The first-order valence-electron chi connectivity index (χ1n) is 11.6. The maximum absolute atomic E-state index is 10.9.